The fraction of sp³-hybridized carbons (Fsp3) is 0.769. The first-order chi connectivity index (χ1) is 8.27. The summed E-state index contributed by atoms with van der Waals surface area (Å²) < 4.78 is 11.6. The molecule has 1 aliphatic rings. The number of carbonyl (C=O) groups is 1. The highest BCUT2D eigenvalue weighted by Gasteiger charge is 2.37. The Morgan fingerprint density at radius 1 is 1.56 bits per heavy atom. The lowest BCUT2D eigenvalue weighted by Gasteiger charge is -2.45. The van der Waals surface area contributed by atoms with Gasteiger partial charge in [-0.05, 0) is 6.92 Å². The van der Waals surface area contributed by atoms with Gasteiger partial charge >= 0.3 is 5.97 Å². The maximum atomic E-state index is 11.0. The predicted molar refractivity (Wildman–Crippen MR) is 69.7 cm³/mol. The Labute approximate surface area is 110 Å². The van der Waals surface area contributed by atoms with E-state index in [0.717, 1.165) is 17.7 Å². The molecule has 1 aliphatic heterocycles. The van der Waals surface area contributed by atoms with Gasteiger partial charge in [0.1, 0.15) is 0 Å². The molecule has 1 rings (SSSR count). The molecular formula is C13H25N2O3+. The van der Waals surface area contributed by atoms with Crippen LogP contribution in [0.5, 0.6) is 0 Å². The molecule has 0 bridgehead atoms. The summed E-state index contributed by atoms with van der Waals surface area (Å²) >= 11 is 0. The maximum Gasteiger partial charge on any atom is 0.330 e. The van der Waals surface area contributed by atoms with Crippen LogP contribution in [-0.4, -0.2) is 68.6 Å². The van der Waals surface area contributed by atoms with Crippen molar-refractivity contribution in [2.75, 3.05) is 47.4 Å². The molecule has 104 valence electrons. The zero-order valence-electron chi connectivity index (χ0n) is 11.9. The topological polar surface area (TPSA) is 38.8 Å². The summed E-state index contributed by atoms with van der Waals surface area (Å²) in [6.45, 7) is 8.27. The Morgan fingerprint density at radius 2 is 2.22 bits per heavy atom. The Kier molecular flexibility index (Phi) is 4.90. The van der Waals surface area contributed by atoms with Gasteiger partial charge in [0.25, 0.3) is 0 Å². The lowest BCUT2D eigenvalue weighted by atomic mass is 10.0. The van der Waals surface area contributed by atoms with Crippen LogP contribution in [0.3, 0.4) is 0 Å². The van der Waals surface area contributed by atoms with Gasteiger partial charge < -0.3 is 9.47 Å². The molecule has 1 heterocycles. The molecule has 0 aromatic heterocycles. The van der Waals surface area contributed by atoms with E-state index < -0.39 is 0 Å². The number of nitrogens with zero attached hydrogens (tertiary/aromatic N) is 2. The van der Waals surface area contributed by atoms with Crippen molar-refractivity contribution in [1.29, 1.82) is 0 Å². The maximum absolute atomic E-state index is 11.0. The van der Waals surface area contributed by atoms with E-state index >= 15 is 0 Å². The van der Waals surface area contributed by atoms with Crippen LogP contribution in [0, 0.1) is 0 Å². The van der Waals surface area contributed by atoms with Crippen molar-refractivity contribution in [1.82, 2.24) is 5.01 Å². The van der Waals surface area contributed by atoms with Gasteiger partial charge in [0.2, 0.25) is 0 Å². The molecule has 0 aliphatic carbocycles. The molecule has 1 saturated heterocycles. The SMILES string of the molecule is C=CC(=O)OCCC1(C)CN([N+](C)(C)C)CCO1. The van der Waals surface area contributed by atoms with Crippen molar-refractivity contribution in [2.24, 2.45) is 0 Å². The van der Waals surface area contributed by atoms with Crippen LogP contribution in [-0.2, 0) is 14.3 Å². The Morgan fingerprint density at radius 3 is 2.78 bits per heavy atom. The average Bonchev–Trinajstić information content (AvgIpc) is 2.27. The van der Waals surface area contributed by atoms with E-state index in [9.17, 15) is 4.79 Å². The highest BCUT2D eigenvalue weighted by atomic mass is 16.5. The first kappa shape index (κ1) is 15.1. The molecule has 0 radical (unpaired) electrons. The van der Waals surface area contributed by atoms with E-state index in [4.69, 9.17) is 9.47 Å². The smallest absolute Gasteiger partial charge is 0.330 e. The summed E-state index contributed by atoms with van der Waals surface area (Å²) in [5.74, 6) is -0.377. The molecule has 0 N–H and O–H groups in total. The van der Waals surface area contributed by atoms with Gasteiger partial charge in [-0.25, -0.2) is 4.79 Å². The van der Waals surface area contributed by atoms with Crippen LogP contribution < -0.4 is 0 Å². The molecule has 5 nitrogen and oxygen atoms in total. The summed E-state index contributed by atoms with van der Waals surface area (Å²) in [5, 5.41) is 2.35. The van der Waals surface area contributed by atoms with Gasteiger partial charge in [-0.3, -0.25) is 4.59 Å². The number of morpholine rings is 1. The van der Waals surface area contributed by atoms with Gasteiger partial charge in [-0.2, -0.15) is 5.01 Å². The van der Waals surface area contributed by atoms with Crippen molar-refractivity contribution in [3.63, 3.8) is 0 Å². The van der Waals surface area contributed by atoms with Crippen molar-refractivity contribution in [2.45, 2.75) is 18.9 Å². The zero-order valence-corrected chi connectivity index (χ0v) is 11.9. The minimum Gasteiger partial charge on any atom is -0.462 e. The highest BCUT2D eigenvalue weighted by molar-refractivity contribution is 5.81. The van der Waals surface area contributed by atoms with Crippen LogP contribution in [0.1, 0.15) is 13.3 Å². The molecule has 0 aromatic rings. The van der Waals surface area contributed by atoms with Crippen LogP contribution >= 0.6 is 0 Å². The summed E-state index contributed by atoms with van der Waals surface area (Å²) in [6.07, 6.45) is 1.88. The molecule has 5 heteroatoms. The summed E-state index contributed by atoms with van der Waals surface area (Å²) in [6, 6.07) is 0. The molecule has 1 atom stereocenters. The largest absolute Gasteiger partial charge is 0.462 e. The average molecular weight is 257 g/mol. The number of carbonyl (C=O) groups excluding carboxylic acids is 1. The van der Waals surface area contributed by atoms with Gasteiger partial charge in [0.05, 0.1) is 53.0 Å². The minimum absolute atomic E-state index is 0.259. The molecule has 1 unspecified atom stereocenters. The van der Waals surface area contributed by atoms with Crippen LogP contribution in [0.2, 0.25) is 0 Å². The second kappa shape index (κ2) is 5.82. The van der Waals surface area contributed by atoms with Crippen molar-refractivity contribution >= 4 is 5.97 Å². The molecule has 18 heavy (non-hydrogen) atoms. The third kappa shape index (κ3) is 4.40. The van der Waals surface area contributed by atoms with Gasteiger partial charge in [0, 0.05) is 12.5 Å². The second-order valence-electron chi connectivity index (χ2n) is 5.75. The van der Waals surface area contributed by atoms with Gasteiger partial charge in [-0.1, -0.05) is 6.58 Å². The van der Waals surface area contributed by atoms with E-state index in [0.29, 0.717) is 19.6 Å². The quantitative estimate of drug-likeness (QED) is 0.415. The summed E-state index contributed by atoms with van der Waals surface area (Å²) in [5.41, 5.74) is -0.259. The fourth-order valence-electron chi connectivity index (χ4n) is 2.00. The fourth-order valence-corrected chi connectivity index (χ4v) is 2.00. The van der Waals surface area contributed by atoms with E-state index in [1.54, 1.807) is 0 Å². The first-order valence-electron chi connectivity index (χ1n) is 6.27. The number of ether oxygens (including phenoxy) is 2. The summed E-state index contributed by atoms with van der Waals surface area (Å²) in [4.78, 5) is 11.0. The van der Waals surface area contributed by atoms with E-state index in [2.05, 4.69) is 39.7 Å². The van der Waals surface area contributed by atoms with Crippen molar-refractivity contribution < 1.29 is 18.9 Å². The number of rotatable bonds is 5. The molecule has 0 aromatic carbocycles. The Bertz CT molecular complexity index is 312. The number of quaternary nitrogens is 1. The molecule has 0 amide bonds. The summed E-state index contributed by atoms with van der Waals surface area (Å²) in [7, 11) is 6.43. The minimum atomic E-state index is -0.377. The number of hydrogen-bond donors (Lipinski definition) is 0. The third-order valence-corrected chi connectivity index (χ3v) is 3.21. The van der Waals surface area contributed by atoms with Gasteiger partial charge in [-0.15, -0.1) is 0 Å². The normalized spacial score (nSPS) is 25.8. The highest BCUT2D eigenvalue weighted by Crippen LogP contribution is 2.23. The van der Waals surface area contributed by atoms with Crippen molar-refractivity contribution in [3.05, 3.63) is 12.7 Å². The molecular weight excluding hydrogens is 232 g/mol. The van der Waals surface area contributed by atoms with Crippen LogP contribution in [0.15, 0.2) is 12.7 Å². The number of esters is 1. The second-order valence-corrected chi connectivity index (χ2v) is 5.75. The standard InChI is InChI=1S/C13H25N2O3/c1-6-12(16)17-9-7-13(2)11-14(8-10-18-13)15(3,4)5/h6H,1,7-11H2,2-5H3/q+1. The van der Waals surface area contributed by atoms with E-state index in [1.807, 2.05) is 0 Å². The lowest BCUT2D eigenvalue weighted by Crippen LogP contribution is -2.61. The predicted octanol–water partition coefficient (Wildman–Crippen LogP) is 0.818. The van der Waals surface area contributed by atoms with Crippen molar-refractivity contribution in [3.8, 4) is 0 Å². The Hall–Kier alpha value is -0.910. The molecule has 1 fully saturated rings. The monoisotopic (exact) mass is 257 g/mol. The molecule has 0 saturated carbocycles. The first-order valence-corrected chi connectivity index (χ1v) is 6.27. The van der Waals surface area contributed by atoms with E-state index in [1.165, 1.54) is 6.08 Å². The zero-order chi connectivity index (χ0) is 13.8. The van der Waals surface area contributed by atoms with E-state index in [-0.39, 0.29) is 11.6 Å². The van der Waals surface area contributed by atoms with Crippen LogP contribution in [0.4, 0.5) is 0 Å². The van der Waals surface area contributed by atoms with Crippen LogP contribution in [0.25, 0.3) is 0 Å². The Balaban J connectivity index is 2.47. The molecule has 0 spiro atoms. The lowest BCUT2D eigenvalue weighted by molar-refractivity contribution is -0.989. The third-order valence-electron chi connectivity index (χ3n) is 3.21. The van der Waals surface area contributed by atoms with Gasteiger partial charge in [0.15, 0.2) is 0 Å². The number of hydrogen-bond acceptors (Lipinski definition) is 4.